The second kappa shape index (κ2) is 8.78. The predicted octanol–water partition coefficient (Wildman–Crippen LogP) is 4.37. The van der Waals surface area contributed by atoms with Gasteiger partial charge in [0, 0.05) is 11.4 Å². The lowest BCUT2D eigenvalue weighted by atomic mass is 9.80. The Morgan fingerprint density at radius 2 is 1.62 bits per heavy atom. The van der Waals surface area contributed by atoms with Crippen molar-refractivity contribution in [1.82, 2.24) is 5.32 Å². The third-order valence-electron chi connectivity index (χ3n) is 4.91. The summed E-state index contributed by atoms with van der Waals surface area (Å²) in [6.07, 6.45) is 1.52. The molecule has 0 amide bonds. The first-order valence-corrected chi connectivity index (χ1v) is 9.60. The number of carbonyl (C=O) groups excluding carboxylic acids is 2. The summed E-state index contributed by atoms with van der Waals surface area (Å²) in [7, 11) is 0. The number of nitrogens with one attached hydrogen (secondary N) is 1. The van der Waals surface area contributed by atoms with Crippen molar-refractivity contribution in [2.45, 2.75) is 26.7 Å². The minimum atomic E-state index is -0.586. The maximum absolute atomic E-state index is 12.9. The molecule has 0 fully saturated rings. The van der Waals surface area contributed by atoms with E-state index in [2.05, 4.69) is 11.9 Å². The van der Waals surface area contributed by atoms with Crippen LogP contribution in [0, 0.1) is 0 Å². The Hall–Kier alpha value is -3.34. The van der Waals surface area contributed by atoms with Gasteiger partial charge in [0.15, 0.2) is 0 Å². The number of hydrogen-bond donors (Lipinski definition) is 1. The van der Waals surface area contributed by atoms with Gasteiger partial charge < -0.3 is 14.8 Å². The largest absolute Gasteiger partial charge is 0.463 e. The second-order valence-corrected chi connectivity index (χ2v) is 6.85. The fourth-order valence-electron chi connectivity index (χ4n) is 3.68. The van der Waals surface area contributed by atoms with E-state index in [9.17, 15) is 9.59 Å². The van der Waals surface area contributed by atoms with Crippen LogP contribution in [0.3, 0.4) is 0 Å². The van der Waals surface area contributed by atoms with E-state index < -0.39 is 17.9 Å². The smallest absolute Gasteiger partial charge is 0.337 e. The third kappa shape index (κ3) is 4.09. The first kappa shape index (κ1) is 20.4. The first-order valence-electron chi connectivity index (χ1n) is 9.60. The van der Waals surface area contributed by atoms with Crippen LogP contribution in [0.1, 0.15) is 32.3 Å². The zero-order valence-electron chi connectivity index (χ0n) is 17.0. The van der Waals surface area contributed by atoms with Crippen molar-refractivity contribution in [3.63, 3.8) is 0 Å². The van der Waals surface area contributed by atoms with Crippen molar-refractivity contribution < 1.29 is 19.1 Å². The monoisotopic (exact) mass is 391 g/mol. The Bertz CT molecular complexity index is 1030. The summed E-state index contributed by atoms with van der Waals surface area (Å²) in [6.45, 7) is 9.32. The van der Waals surface area contributed by atoms with Crippen LogP contribution in [0.5, 0.6) is 0 Å². The molecule has 0 bridgehead atoms. The minimum absolute atomic E-state index is 0.0947. The van der Waals surface area contributed by atoms with Crippen LogP contribution in [0.25, 0.3) is 10.8 Å². The first-order chi connectivity index (χ1) is 14.0. The van der Waals surface area contributed by atoms with Crippen molar-refractivity contribution in [3.8, 4) is 0 Å². The number of esters is 2. The van der Waals surface area contributed by atoms with E-state index in [1.165, 1.54) is 6.08 Å². The van der Waals surface area contributed by atoms with Crippen molar-refractivity contribution in [3.05, 3.63) is 83.2 Å². The molecule has 0 aromatic heterocycles. The third-order valence-corrected chi connectivity index (χ3v) is 4.91. The molecule has 0 saturated carbocycles. The summed E-state index contributed by atoms with van der Waals surface area (Å²) in [5.41, 5.74) is 2.97. The molecule has 0 unspecified atom stereocenters. The molecule has 0 saturated heterocycles. The molecule has 1 atom stereocenters. The summed E-state index contributed by atoms with van der Waals surface area (Å²) in [5.74, 6) is -1.52. The van der Waals surface area contributed by atoms with Crippen LogP contribution in [-0.2, 0) is 19.1 Å². The van der Waals surface area contributed by atoms with Gasteiger partial charge in [-0.2, -0.15) is 0 Å². The molecule has 1 aliphatic rings. The Morgan fingerprint density at radius 3 is 2.24 bits per heavy atom. The van der Waals surface area contributed by atoms with Crippen LogP contribution in [0.2, 0.25) is 0 Å². The number of fused-ring (bicyclic) bond motifs is 1. The van der Waals surface area contributed by atoms with E-state index in [0.717, 1.165) is 16.3 Å². The molecule has 0 radical (unpaired) electrons. The summed E-state index contributed by atoms with van der Waals surface area (Å²) < 4.78 is 10.6. The number of allylic oxidation sites excluding steroid dienone is 2. The molecule has 0 spiro atoms. The van der Waals surface area contributed by atoms with Crippen LogP contribution in [-0.4, -0.2) is 25.2 Å². The van der Waals surface area contributed by atoms with E-state index in [0.29, 0.717) is 22.5 Å². The van der Waals surface area contributed by atoms with Crippen LogP contribution >= 0.6 is 0 Å². The lowest BCUT2D eigenvalue weighted by Crippen LogP contribution is -2.32. The molecule has 5 nitrogen and oxygen atoms in total. The average Bonchev–Trinajstić information content (AvgIpc) is 2.71. The van der Waals surface area contributed by atoms with Crippen molar-refractivity contribution in [2.24, 2.45) is 0 Å². The SMILES string of the molecule is C=CCOC(=O)C1=C(C)NC(C)=C(C(=O)OCC)[C@H]1c1ccc2ccccc2c1. The van der Waals surface area contributed by atoms with Gasteiger partial charge in [0.25, 0.3) is 0 Å². The standard InChI is InChI=1S/C24H25NO4/c1-5-13-29-24(27)21-16(4)25-15(3)20(23(26)28-6-2)22(21)19-12-11-17-9-7-8-10-18(17)14-19/h5,7-12,14,22,25H,1,6,13H2,2-4H3/t22-/m1/s1. The zero-order chi connectivity index (χ0) is 21.0. The Morgan fingerprint density at radius 1 is 1.00 bits per heavy atom. The molecular formula is C24H25NO4. The molecule has 2 aromatic carbocycles. The zero-order valence-corrected chi connectivity index (χ0v) is 17.0. The molecule has 2 aromatic rings. The van der Waals surface area contributed by atoms with E-state index >= 15 is 0 Å². The molecule has 3 rings (SSSR count). The molecule has 5 heteroatoms. The number of carbonyl (C=O) groups is 2. The highest BCUT2D eigenvalue weighted by Crippen LogP contribution is 2.40. The Labute approximate surface area is 170 Å². The van der Waals surface area contributed by atoms with Crippen LogP contribution < -0.4 is 5.32 Å². The van der Waals surface area contributed by atoms with Gasteiger partial charge in [0.05, 0.1) is 23.7 Å². The predicted molar refractivity (Wildman–Crippen MR) is 113 cm³/mol. The molecule has 1 aliphatic heterocycles. The van der Waals surface area contributed by atoms with Crippen molar-refractivity contribution in [2.75, 3.05) is 13.2 Å². The molecule has 29 heavy (non-hydrogen) atoms. The quantitative estimate of drug-likeness (QED) is 0.585. The van der Waals surface area contributed by atoms with Gasteiger partial charge >= 0.3 is 11.9 Å². The van der Waals surface area contributed by atoms with E-state index in [-0.39, 0.29) is 13.2 Å². The fourth-order valence-corrected chi connectivity index (χ4v) is 3.68. The van der Waals surface area contributed by atoms with Crippen LogP contribution in [0.4, 0.5) is 0 Å². The van der Waals surface area contributed by atoms with Crippen molar-refractivity contribution in [1.29, 1.82) is 0 Å². The number of rotatable bonds is 6. The Balaban J connectivity index is 2.18. The number of benzene rings is 2. The molecular weight excluding hydrogens is 366 g/mol. The highest BCUT2D eigenvalue weighted by atomic mass is 16.5. The normalized spacial score (nSPS) is 16.4. The van der Waals surface area contributed by atoms with Gasteiger partial charge in [-0.25, -0.2) is 9.59 Å². The van der Waals surface area contributed by atoms with Gasteiger partial charge in [0.1, 0.15) is 6.61 Å². The van der Waals surface area contributed by atoms with Crippen molar-refractivity contribution >= 4 is 22.7 Å². The summed E-state index contributed by atoms with van der Waals surface area (Å²) in [5, 5.41) is 5.26. The average molecular weight is 391 g/mol. The lowest BCUT2D eigenvalue weighted by Gasteiger charge is -2.30. The summed E-state index contributed by atoms with van der Waals surface area (Å²) in [6, 6.07) is 13.9. The van der Waals surface area contributed by atoms with E-state index in [4.69, 9.17) is 9.47 Å². The van der Waals surface area contributed by atoms with Gasteiger partial charge in [-0.15, -0.1) is 0 Å². The minimum Gasteiger partial charge on any atom is -0.463 e. The van der Waals surface area contributed by atoms with Gasteiger partial charge in [-0.3, -0.25) is 0 Å². The maximum atomic E-state index is 12.9. The Kier molecular flexibility index (Phi) is 6.17. The van der Waals surface area contributed by atoms with Crippen LogP contribution in [0.15, 0.2) is 77.7 Å². The van der Waals surface area contributed by atoms with E-state index in [1.807, 2.05) is 56.3 Å². The van der Waals surface area contributed by atoms with Gasteiger partial charge in [-0.1, -0.05) is 55.1 Å². The highest BCUT2D eigenvalue weighted by molar-refractivity contribution is 6.00. The highest BCUT2D eigenvalue weighted by Gasteiger charge is 2.37. The molecule has 150 valence electrons. The molecule has 0 aliphatic carbocycles. The maximum Gasteiger partial charge on any atom is 0.337 e. The number of dihydropyridines is 1. The number of ether oxygens (including phenoxy) is 2. The fraction of sp³-hybridized carbons (Fsp3) is 0.250. The summed E-state index contributed by atoms with van der Waals surface area (Å²) >= 11 is 0. The lowest BCUT2D eigenvalue weighted by molar-refractivity contribution is -0.139. The number of hydrogen-bond acceptors (Lipinski definition) is 5. The van der Waals surface area contributed by atoms with E-state index in [1.54, 1.807) is 6.92 Å². The molecule has 1 heterocycles. The second-order valence-electron chi connectivity index (χ2n) is 6.85. The summed E-state index contributed by atoms with van der Waals surface area (Å²) in [4.78, 5) is 25.7. The van der Waals surface area contributed by atoms with Gasteiger partial charge in [0.2, 0.25) is 0 Å². The van der Waals surface area contributed by atoms with Gasteiger partial charge in [-0.05, 0) is 37.1 Å². The molecule has 1 N–H and O–H groups in total. The topological polar surface area (TPSA) is 64.6 Å².